The van der Waals surface area contributed by atoms with E-state index in [9.17, 15) is 9.18 Å². The summed E-state index contributed by atoms with van der Waals surface area (Å²) in [6.07, 6.45) is 0.924. The van der Waals surface area contributed by atoms with E-state index < -0.39 is 5.82 Å². The number of rotatable bonds is 6. The summed E-state index contributed by atoms with van der Waals surface area (Å²) in [6.45, 7) is 3.67. The van der Waals surface area contributed by atoms with Crippen LogP contribution in [0.15, 0.2) is 18.2 Å². The Bertz CT molecular complexity index is 508. The van der Waals surface area contributed by atoms with Gasteiger partial charge in [0.15, 0.2) is 0 Å². The summed E-state index contributed by atoms with van der Waals surface area (Å²) < 4.78 is 13.3. The Labute approximate surface area is 119 Å². The van der Waals surface area contributed by atoms with E-state index in [-0.39, 0.29) is 11.5 Å². The Hall–Kier alpha value is -1.93. The third-order valence-corrected chi connectivity index (χ3v) is 2.95. The minimum Gasteiger partial charge on any atom is -0.348 e. The second kappa shape index (κ2) is 7.61. The van der Waals surface area contributed by atoms with Gasteiger partial charge in [0, 0.05) is 20.6 Å². The zero-order chi connectivity index (χ0) is 15.1. The number of hydrogen-bond acceptors (Lipinski definition) is 3. The molecule has 1 aromatic rings. The van der Waals surface area contributed by atoms with Crippen molar-refractivity contribution in [2.24, 2.45) is 0 Å². The molecule has 0 heterocycles. The summed E-state index contributed by atoms with van der Waals surface area (Å²) in [4.78, 5) is 15.3. The van der Waals surface area contributed by atoms with Crippen LogP contribution in [-0.4, -0.2) is 42.9 Å². The fourth-order valence-electron chi connectivity index (χ4n) is 1.88. The largest absolute Gasteiger partial charge is 0.348 e. The summed E-state index contributed by atoms with van der Waals surface area (Å²) in [5.74, 6) is -0.483. The first kappa shape index (κ1) is 16.1. The summed E-state index contributed by atoms with van der Waals surface area (Å²) in [6, 6.07) is 6.32. The van der Waals surface area contributed by atoms with Crippen molar-refractivity contribution >= 4 is 5.91 Å². The molecular weight excluding hydrogens is 257 g/mol. The molecule has 0 N–H and O–H groups in total. The van der Waals surface area contributed by atoms with Crippen LogP contribution in [-0.2, 0) is 11.3 Å². The molecule has 108 valence electrons. The Morgan fingerprint density at radius 2 is 2.10 bits per heavy atom. The molecule has 0 fully saturated rings. The number of hydrogen-bond donors (Lipinski definition) is 0. The molecule has 0 aliphatic heterocycles. The molecule has 0 saturated carbocycles. The lowest BCUT2D eigenvalue weighted by molar-refractivity contribution is -0.130. The average molecular weight is 277 g/mol. The van der Waals surface area contributed by atoms with Crippen LogP contribution in [0.25, 0.3) is 0 Å². The van der Waals surface area contributed by atoms with Gasteiger partial charge in [0.25, 0.3) is 0 Å². The van der Waals surface area contributed by atoms with Gasteiger partial charge in [-0.15, -0.1) is 0 Å². The first-order chi connectivity index (χ1) is 9.47. The highest BCUT2D eigenvalue weighted by molar-refractivity contribution is 5.77. The van der Waals surface area contributed by atoms with E-state index in [1.54, 1.807) is 25.1 Å². The number of benzene rings is 1. The average Bonchev–Trinajstić information content (AvgIpc) is 2.41. The van der Waals surface area contributed by atoms with Gasteiger partial charge in [-0.3, -0.25) is 9.69 Å². The number of amides is 1. The van der Waals surface area contributed by atoms with Gasteiger partial charge in [-0.05, 0) is 30.7 Å². The van der Waals surface area contributed by atoms with E-state index in [4.69, 9.17) is 5.26 Å². The second-order valence-electron chi connectivity index (χ2n) is 4.92. The van der Waals surface area contributed by atoms with Crippen LogP contribution in [0.5, 0.6) is 0 Å². The molecule has 0 radical (unpaired) electrons. The van der Waals surface area contributed by atoms with E-state index >= 15 is 0 Å². The highest BCUT2D eigenvalue weighted by Crippen LogP contribution is 2.12. The van der Waals surface area contributed by atoms with Crippen LogP contribution >= 0.6 is 0 Å². The van der Waals surface area contributed by atoms with E-state index in [1.165, 1.54) is 12.1 Å². The lowest BCUT2D eigenvalue weighted by Gasteiger charge is -2.23. The molecule has 1 amide bonds. The van der Waals surface area contributed by atoms with Crippen LogP contribution < -0.4 is 0 Å². The van der Waals surface area contributed by atoms with E-state index in [1.807, 2.05) is 17.9 Å². The van der Waals surface area contributed by atoms with Crippen molar-refractivity contribution in [2.45, 2.75) is 19.9 Å². The van der Waals surface area contributed by atoms with Gasteiger partial charge in [-0.2, -0.15) is 5.26 Å². The molecule has 5 heteroatoms. The molecule has 0 spiro atoms. The summed E-state index contributed by atoms with van der Waals surface area (Å²) in [5, 5.41) is 8.83. The fourth-order valence-corrected chi connectivity index (χ4v) is 1.88. The maximum absolute atomic E-state index is 13.3. The van der Waals surface area contributed by atoms with Crippen molar-refractivity contribution in [1.29, 1.82) is 5.26 Å². The molecule has 1 rings (SSSR count). The molecule has 0 aromatic heterocycles. The third-order valence-electron chi connectivity index (χ3n) is 2.95. The number of likely N-dealkylation sites (N-methyl/N-ethyl adjacent to an activating group) is 1. The lowest BCUT2D eigenvalue weighted by atomic mass is 10.1. The molecule has 20 heavy (non-hydrogen) atoms. The minimum atomic E-state index is -0.511. The molecular formula is C15H20FN3O. The topological polar surface area (TPSA) is 47.3 Å². The smallest absolute Gasteiger partial charge is 0.236 e. The molecule has 0 aliphatic rings. The van der Waals surface area contributed by atoms with Gasteiger partial charge in [0.05, 0.1) is 12.1 Å². The van der Waals surface area contributed by atoms with Crippen LogP contribution in [0.3, 0.4) is 0 Å². The Morgan fingerprint density at radius 1 is 1.40 bits per heavy atom. The predicted molar refractivity (Wildman–Crippen MR) is 75.4 cm³/mol. The van der Waals surface area contributed by atoms with E-state index in [0.29, 0.717) is 13.1 Å². The van der Waals surface area contributed by atoms with Gasteiger partial charge in [0.2, 0.25) is 5.91 Å². The van der Waals surface area contributed by atoms with E-state index in [2.05, 4.69) is 0 Å². The Morgan fingerprint density at radius 3 is 2.65 bits per heavy atom. The van der Waals surface area contributed by atoms with Gasteiger partial charge in [0.1, 0.15) is 11.9 Å². The molecule has 0 aliphatic carbocycles. The van der Waals surface area contributed by atoms with Crippen molar-refractivity contribution < 1.29 is 9.18 Å². The van der Waals surface area contributed by atoms with Crippen LogP contribution in [0, 0.1) is 17.1 Å². The monoisotopic (exact) mass is 277 g/mol. The molecule has 0 saturated heterocycles. The number of nitriles is 1. The lowest BCUT2D eigenvalue weighted by Crippen LogP contribution is -2.36. The van der Waals surface area contributed by atoms with Crippen LogP contribution in [0.2, 0.25) is 0 Å². The molecule has 4 nitrogen and oxygen atoms in total. The number of nitrogens with zero attached hydrogens (tertiary/aromatic N) is 3. The minimum absolute atomic E-state index is 0.0288. The van der Waals surface area contributed by atoms with Crippen molar-refractivity contribution in [3.05, 3.63) is 35.1 Å². The SMILES string of the molecule is CCCN(CC(=O)N(C)C)Cc1ccc(F)c(C#N)c1. The quantitative estimate of drug-likeness (QED) is 0.799. The molecule has 1 aromatic carbocycles. The van der Waals surface area contributed by atoms with Crippen molar-refractivity contribution in [3.8, 4) is 6.07 Å². The van der Waals surface area contributed by atoms with Crippen molar-refractivity contribution in [2.75, 3.05) is 27.2 Å². The molecule has 0 unspecified atom stereocenters. The maximum atomic E-state index is 13.3. The normalized spacial score (nSPS) is 10.4. The Balaban J connectivity index is 2.80. The second-order valence-corrected chi connectivity index (χ2v) is 4.92. The van der Waals surface area contributed by atoms with Gasteiger partial charge in [-0.1, -0.05) is 13.0 Å². The zero-order valence-corrected chi connectivity index (χ0v) is 12.2. The third kappa shape index (κ3) is 4.63. The maximum Gasteiger partial charge on any atom is 0.236 e. The van der Waals surface area contributed by atoms with Crippen molar-refractivity contribution in [3.63, 3.8) is 0 Å². The highest BCUT2D eigenvalue weighted by Gasteiger charge is 2.13. The molecule has 0 bridgehead atoms. The van der Waals surface area contributed by atoms with Crippen LogP contribution in [0.4, 0.5) is 4.39 Å². The number of carbonyl (C=O) groups excluding carboxylic acids is 1. The predicted octanol–water partition coefficient (Wildman–Crippen LogP) is 2.00. The fraction of sp³-hybridized carbons (Fsp3) is 0.467. The summed E-state index contributed by atoms with van der Waals surface area (Å²) in [5.41, 5.74) is 0.876. The Kier molecular flexibility index (Phi) is 6.13. The zero-order valence-electron chi connectivity index (χ0n) is 12.2. The van der Waals surface area contributed by atoms with Gasteiger partial charge >= 0.3 is 0 Å². The van der Waals surface area contributed by atoms with Gasteiger partial charge in [-0.25, -0.2) is 4.39 Å². The van der Waals surface area contributed by atoms with Crippen molar-refractivity contribution in [1.82, 2.24) is 9.80 Å². The van der Waals surface area contributed by atoms with E-state index in [0.717, 1.165) is 18.5 Å². The first-order valence-electron chi connectivity index (χ1n) is 6.59. The summed E-state index contributed by atoms with van der Waals surface area (Å²) in [7, 11) is 3.44. The molecule has 0 atom stereocenters. The van der Waals surface area contributed by atoms with Crippen LogP contribution in [0.1, 0.15) is 24.5 Å². The summed E-state index contributed by atoms with van der Waals surface area (Å²) >= 11 is 0. The standard InChI is InChI=1S/C15H20FN3O/c1-4-7-19(11-15(20)18(2)3)10-12-5-6-14(16)13(8-12)9-17/h5-6,8H,4,7,10-11H2,1-3H3. The number of halogens is 1. The first-order valence-corrected chi connectivity index (χ1v) is 6.59. The number of carbonyl (C=O) groups is 1. The highest BCUT2D eigenvalue weighted by atomic mass is 19.1. The van der Waals surface area contributed by atoms with Gasteiger partial charge < -0.3 is 4.90 Å².